The van der Waals surface area contributed by atoms with Crippen molar-refractivity contribution in [3.8, 4) is 0 Å². The lowest BCUT2D eigenvalue weighted by molar-refractivity contribution is -0.120. The Bertz CT molecular complexity index is 510. The molecule has 0 spiro atoms. The van der Waals surface area contributed by atoms with Gasteiger partial charge in [0.05, 0.1) is 18.3 Å². The molecule has 2 aromatic rings. The largest absolute Gasteiger partial charge is 0.397 e. The smallest absolute Gasteiger partial charge is 0.225 e. The van der Waals surface area contributed by atoms with Crippen molar-refractivity contribution >= 4 is 28.7 Å². The van der Waals surface area contributed by atoms with Crippen LogP contribution in [0.2, 0.25) is 0 Å². The van der Waals surface area contributed by atoms with Crippen molar-refractivity contribution in [2.75, 3.05) is 24.1 Å². The van der Waals surface area contributed by atoms with Crippen LogP contribution in [-0.2, 0) is 11.2 Å². The molecule has 2 aromatic heterocycles. The predicted molar refractivity (Wildman–Crippen MR) is 78.2 cm³/mol. The monoisotopic (exact) mass is 276 g/mol. The van der Waals surface area contributed by atoms with E-state index in [1.165, 1.54) is 0 Å². The maximum Gasteiger partial charge on any atom is 0.225 e. The van der Waals surface area contributed by atoms with Gasteiger partial charge in [-0.05, 0) is 23.6 Å². The second-order valence-electron chi connectivity index (χ2n) is 4.01. The number of hydrogen-bond acceptors (Lipinski definition) is 5. The van der Waals surface area contributed by atoms with Gasteiger partial charge in [-0.3, -0.25) is 4.79 Å². The molecule has 0 saturated heterocycles. The summed E-state index contributed by atoms with van der Waals surface area (Å²) >= 11 is 1.59. The van der Waals surface area contributed by atoms with Gasteiger partial charge in [0.25, 0.3) is 0 Å². The number of carbonyl (C=O) groups excluding carboxylic acids is 1. The van der Waals surface area contributed by atoms with Gasteiger partial charge in [0.2, 0.25) is 5.91 Å². The van der Waals surface area contributed by atoms with Gasteiger partial charge in [-0.25, -0.2) is 4.98 Å². The Balaban J connectivity index is 1.64. The summed E-state index contributed by atoms with van der Waals surface area (Å²) in [6.45, 7) is 1.20. The molecule has 0 fully saturated rings. The quantitative estimate of drug-likeness (QED) is 0.698. The van der Waals surface area contributed by atoms with Crippen molar-refractivity contribution < 1.29 is 4.79 Å². The maximum atomic E-state index is 11.6. The van der Waals surface area contributed by atoms with Crippen molar-refractivity contribution in [3.63, 3.8) is 0 Å². The lowest BCUT2D eigenvalue weighted by Crippen LogP contribution is -2.29. The number of amides is 1. The van der Waals surface area contributed by atoms with E-state index < -0.39 is 0 Å². The SMILES string of the molecule is Nc1ccc(NCCNC(=O)Cc2cccs2)nc1. The Morgan fingerprint density at radius 3 is 2.89 bits per heavy atom. The van der Waals surface area contributed by atoms with Crippen LogP contribution in [-0.4, -0.2) is 24.0 Å². The summed E-state index contributed by atoms with van der Waals surface area (Å²) in [4.78, 5) is 16.8. The third kappa shape index (κ3) is 4.59. The molecule has 4 N–H and O–H groups in total. The van der Waals surface area contributed by atoms with E-state index in [-0.39, 0.29) is 5.91 Å². The zero-order valence-electron chi connectivity index (χ0n) is 10.4. The molecular weight excluding hydrogens is 260 g/mol. The highest BCUT2D eigenvalue weighted by atomic mass is 32.1. The topological polar surface area (TPSA) is 80.0 Å². The third-order valence-electron chi connectivity index (χ3n) is 2.45. The Hall–Kier alpha value is -2.08. The second-order valence-corrected chi connectivity index (χ2v) is 5.04. The average Bonchev–Trinajstić information content (AvgIpc) is 2.89. The van der Waals surface area contributed by atoms with Crippen molar-refractivity contribution in [1.82, 2.24) is 10.3 Å². The number of nitrogens with two attached hydrogens (primary N) is 1. The fourth-order valence-electron chi connectivity index (χ4n) is 1.54. The molecule has 0 aromatic carbocycles. The molecule has 0 atom stereocenters. The minimum Gasteiger partial charge on any atom is -0.397 e. The van der Waals surface area contributed by atoms with E-state index in [0.29, 0.717) is 25.2 Å². The molecule has 100 valence electrons. The van der Waals surface area contributed by atoms with Gasteiger partial charge < -0.3 is 16.4 Å². The van der Waals surface area contributed by atoms with Crippen LogP contribution in [0.3, 0.4) is 0 Å². The predicted octanol–water partition coefficient (Wildman–Crippen LogP) is 1.50. The van der Waals surface area contributed by atoms with Gasteiger partial charge in [0, 0.05) is 18.0 Å². The molecular formula is C13H16N4OS. The van der Waals surface area contributed by atoms with Crippen LogP contribution >= 0.6 is 11.3 Å². The first kappa shape index (κ1) is 13.4. The van der Waals surface area contributed by atoms with Gasteiger partial charge in [-0.15, -0.1) is 11.3 Å². The lowest BCUT2D eigenvalue weighted by atomic mass is 10.3. The minimum absolute atomic E-state index is 0.0366. The number of hydrogen-bond donors (Lipinski definition) is 3. The fraction of sp³-hybridized carbons (Fsp3) is 0.231. The standard InChI is InChI=1S/C13H16N4OS/c14-10-3-4-12(17-9-10)15-5-6-16-13(18)8-11-2-1-7-19-11/h1-4,7,9H,5-6,8,14H2,(H,15,17)(H,16,18). The molecule has 0 aliphatic heterocycles. The number of nitrogen functional groups attached to an aromatic ring is 1. The van der Waals surface area contributed by atoms with E-state index in [1.807, 2.05) is 23.6 Å². The number of nitrogens with one attached hydrogen (secondary N) is 2. The minimum atomic E-state index is 0.0366. The Morgan fingerprint density at radius 1 is 1.32 bits per heavy atom. The van der Waals surface area contributed by atoms with Gasteiger partial charge in [0.15, 0.2) is 0 Å². The zero-order chi connectivity index (χ0) is 13.5. The normalized spacial score (nSPS) is 10.1. The highest BCUT2D eigenvalue weighted by Crippen LogP contribution is 2.08. The molecule has 0 bridgehead atoms. The highest BCUT2D eigenvalue weighted by molar-refractivity contribution is 7.10. The first-order chi connectivity index (χ1) is 9.24. The molecule has 2 rings (SSSR count). The first-order valence-electron chi connectivity index (χ1n) is 5.98. The van der Waals surface area contributed by atoms with Crippen molar-refractivity contribution in [1.29, 1.82) is 0 Å². The fourth-order valence-corrected chi connectivity index (χ4v) is 2.24. The van der Waals surface area contributed by atoms with E-state index in [4.69, 9.17) is 5.73 Å². The van der Waals surface area contributed by atoms with Crippen molar-refractivity contribution in [2.24, 2.45) is 0 Å². The van der Waals surface area contributed by atoms with E-state index in [9.17, 15) is 4.79 Å². The molecule has 0 aliphatic carbocycles. The lowest BCUT2D eigenvalue weighted by Gasteiger charge is -2.07. The summed E-state index contributed by atoms with van der Waals surface area (Å²) in [7, 11) is 0. The second kappa shape index (κ2) is 6.75. The number of anilines is 2. The van der Waals surface area contributed by atoms with Crippen LogP contribution in [0.4, 0.5) is 11.5 Å². The summed E-state index contributed by atoms with van der Waals surface area (Å²) in [5, 5.41) is 7.93. The van der Waals surface area contributed by atoms with Crippen LogP contribution in [0.5, 0.6) is 0 Å². The van der Waals surface area contributed by atoms with Crippen LogP contribution in [0.1, 0.15) is 4.88 Å². The van der Waals surface area contributed by atoms with Crippen LogP contribution in [0, 0.1) is 0 Å². The van der Waals surface area contributed by atoms with Crippen LogP contribution < -0.4 is 16.4 Å². The molecule has 0 radical (unpaired) electrons. The number of rotatable bonds is 6. The van der Waals surface area contributed by atoms with Crippen LogP contribution in [0.15, 0.2) is 35.8 Å². The average molecular weight is 276 g/mol. The van der Waals surface area contributed by atoms with Crippen molar-refractivity contribution in [2.45, 2.75) is 6.42 Å². The van der Waals surface area contributed by atoms with Gasteiger partial charge in [0.1, 0.15) is 5.82 Å². The summed E-state index contributed by atoms with van der Waals surface area (Å²) < 4.78 is 0. The van der Waals surface area contributed by atoms with E-state index in [0.717, 1.165) is 10.7 Å². The molecule has 2 heterocycles. The van der Waals surface area contributed by atoms with E-state index in [1.54, 1.807) is 23.6 Å². The Kier molecular flexibility index (Phi) is 4.74. The van der Waals surface area contributed by atoms with Gasteiger partial charge in [-0.2, -0.15) is 0 Å². The summed E-state index contributed by atoms with van der Waals surface area (Å²) in [5.74, 6) is 0.788. The number of aromatic nitrogens is 1. The molecule has 6 heteroatoms. The van der Waals surface area contributed by atoms with Gasteiger partial charge in [-0.1, -0.05) is 6.07 Å². The molecule has 0 unspecified atom stereocenters. The van der Waals surface area contributed by atoms with E-state index in [2.05, 4.69) is 15.6 Å². The highest BCUT2D eigenvalue weighted by Gasteiger charge is 2.03. The summed E-state index contributed by atoms with van der Waals surface area (Å²) in [6.07, 6.45) is 2.04. The molecule has 0 aliphatic rings. The summed E-state index contributed by atoms with van der Waals surface area (Å²) in [6, 6.07) is 7.50. The first-order valence-corrected chi connectivity index (χ1v) is 6.86. The molecule has 1 amide bonds. The maximum absolute atomic E-state index is 11.6. The molecule has 19 heavy (non-hydrogen) atoms. The summed E-state index contributed by atoms with van der Waals surface area (Å²) in [5.41, 5.74) is 6.17. The number of thiophene rings is 1. The third-order valence-corrected chi connectivity index (χ3v) is 3.33. The number of carbonyl (C=O) groups is 1. The Labute approximate surface area is 115 Å². The van der Waals surface area contributed by atoms with Crippen LogP contribution in [0.25, 0.3) is 0 Å². The Morgan fingerprint density at radius 2 is 2.21 bits per heavy atom. The van der Waals surface area contributed by atoms with Gasteiger partial charge >= 0.3 is 0 Å². The van der Waals surface area contributed by atoms with E-state index >= 15 is 0 Å². The molecule has 0 saturated carbocycles. The number of nitrogens with zero attached hydrogens (tertiary/aromatic N) is 1. The molecule has 5 nitrogen and oxygen atoms in total. The number of pyridine rings is 1. The zero-order valence-corrected chi connectivity index (χ0v) is 11.2. The van der Waals surface area contributed by atoms with Crippen molar-refractivity contribution in [3.05, 3.63) is 40.7 Å².